The fraction of sp³-hybridized carbons (Fsp3) is 0.167. The van der Waals surface area contributed by atoms with E-state index in [0.29, 0.717) is 34.2 Å². The maximum atomic E-state index is 12.5. The molecule has 1 N–H and O–H groups in total. The summed E-state index contributed by atoms with van der Waals surface area (Å²) in [6.45, 7) is 3.89. The van der Waals surface area contributed by atoms with Crippen LogP contribution in [0.2, 0.25) is 0 Å². The highest BCUT2D eigenvalue weighted by atomic mass is 32.2. The molecule has 128 valence electrons. The van der Waals surface area contributed by atoms with Crippen LogP contribution in [0.1, 0.15) is 18.1 Å². The van der Waals surface area contributed by atoms with Crippen molar-refractivity contribution in [3.63, 3.8) is 0 Å². The van der Waals surface area contributed by atoms with Gasteiger partial charge in [-0.25, -0.2) is 0 Å². The number of aryl methyl sites for hydroxylation is 1. The van der Waals surface area contributed by atoms with Crippen LogP contribution in [0.3, 0.4) is 0 Å². The van der Waals surface area contributed by atoms with Crippen LogP contribution in [0.4, 0.5) is 5.69 Å². The molecule has 0 aliphatic carbocycles. The molecule has 0 saturated heterocycles. The summed E-state index contributed by atoms with van der Waals surface area (Å²) < 4.78 is 39.6. The number of hydrogen-bond acceptors (Lipinski definition) is 5. The van der Waals surface area contributed by atoms with Crippen molar-refractivity contribution in [2.45, 2.75) is 13.8 Å². The van der Waals surface area contributed by atoms with E-state index in [1.54, 1.807) is 37.3 Å². The lowest BCUT2D eigenvalue weighted by atomic mass is 10.1. The molecule has 6 nitrogen and oxygen atoms in total. The molecule has 0 amide bonds. The summed E-state index contributed by atoms with van der Waals surface area (Å²) in [6, 6.07) is 12.7. The highest BCUT2D eigenvalue weighted by Gasteiger charge is 2.31. The van der Waals surface area contributed by atoms with Crippen LogP contribution in [0.15, 0.2) is 52.4 Å². The van der Waals surface area contributed by atoms with E-state index in [2.05, 4.69) is 9.71 Å². The van der Waals surface area contributed by atoms with Gasteiger partial charge in [-0.2, -0.15) is 8.42 Å². The van der Waals surface area contributed by atoms with E-state index in [0.717, 1.165) is 5.56 Å². The number of hydrogen-bond donors (Lipinski definition) is 1. The van der Waals surface area contributed by atoms with Crippen LogP contribution in [0.5, 0.6) is 11.5 Å². The van der Waals surface area contributed by atoms with Gasteiger partial charge in [-0.15, -0.1) is 4.40 Å². The van der Waals surface area contributed by atoms with Gasteiger partial charge in [0.2, 0.25) is 6.79 Å². The third-order valence-corrected chi connectivity index (χ3v) is 5.60. The Morgan fingerprint density at radius 2 is 1.72 bits per heavy atom. The van der Waals surface area contributed by atoms with E-state index >= 15 is 0 Å². The Kier molecular flexibility index (Phi) is 3.54. The van der Waals surface area contributed by atoms with E-state index in [9.17, 15) is 8.42 Å². The molecule has 4 rings (SSSR count). The zero-order valence-electron chi connectivity index (χ0n) is 13.7. The molecule has 0 aromatic heterocycles. The topological polar surface area (TPSA) is 77.0 Å². The van der Waals surface area contributed by atoms with Gasteiger partial charge in [0.25, 0.3) is 10.0 Å². The molecule has 0 radical (unpaired) electrons. The largest absolute Gasteiger partial charge is 0.454 e. The Morgan fingerprint density at radius 3 is 2.48 bits per heavy atom. The minimum atomic E-state index is -3.73. The molecule has 2 aromatic carbocycles. The minimum Gasteiger partial charge on any atom is -0.454 e. The van der Waals surface area contributed by atoms with Gasteiger partial charge < -0.3 is 14.8 Å². The van der Waals surface area contributed by atoms with Crippen LogP contribution >= 0.6 is 0 Å². The molecule has 0 saturated carbocycles. The molecule has 2 heterocycles. The molecule has 0 unspecified atom stereocenters. The van der Waals surface area contributed by atoms with Gasteiger partial charge in [0.15, 0.2) is 11.5 Å². The van der Waals surface area contributed by atoms with Crippen LogP contribution in [0.25, 0.3) is 4.91 Å². The van der Waals surface area contributed by atoms with Crippen molar-refractivity contribution >= 4 is 26.5 Å². The summed E-state index contributed by atoms with van der Waals surface area (Å²) in [5.74, 6) is 1.60. The maximum absolute atomic E-state index is 12.5. The van der Waals surface area contributed by atoms with Crippen molar-refractivity contribution in [1.29, 1.82) is 0 Å². The first-order chi connectivity index (χ1) is 11.9. The van der Waals surface area contributed by atoms with E-state index in [4.69, 9.17) is 9.47 Å². The van der Waals surface area contributed by atoms with Crippen LogP contribution in [0, 0.1) is 6.92 Å². The second kappa shape index (κ2) is 5.63. The molecule has 2 aromatic rings. The highest BCUT2D eigenvalue weighted by Crippen LogP contribution is 2.36. The summed E-state index contributed by atoms with van der Waals surface area (Å²) in [6.07, 6.45) is 0. The maximum Gasteiger partial charge on any atom is 0.285 e. The second-order valence-electron chi connectivity index (χ2n) is 5.93. The zero-order valence-corrected chi connectivity index (χ0v) is 14.6. The first-order valence-electron chi connectivity index (χ1n) is 7.74. The monoisotopic (exact) mass is 356 g/mol. The fourth-order valence-electron chi connectivity index (χ4n) is 2.83. The molecule has 2 aliphatic rings. The van der Waals surface area contributed by atoms with Gasteiger partial charge in [-0.3, -0.25) is 0 Å². The van der Waals surface area contributed by atoms with Gasteiger partial charge in [-0.05, 0) is 31.5 Å². The highest BCUT2D eigenvalue weighted by molar-refractivity contribution is 8.00. The van der Waals surface area contributed by atoms with Gasteiger partial charge in [0, 0.05) is 17.3 Å². The van der Waals surface area contributed by atoms with Crippen molar-refractivity contribution in [1.82, 2.24) is 0 Å². The molecule has 0 atom stereocenters. The van der Waals surface area contributed by atoms with Crippen molar-refractivity contribution < 1.29 is 17.9 Å². The Labute approximate surface area is 145 Å². The van der Waals surface area contributed by atoms with Gasteiger partial charge in [0.05, 0.1) is 0 Å². The number of sulfonamides is 1. The molecule has 25 heavy (non-hydrogen) atoms. The Morgan fingerprint density at radius 1 is 1.00 bits per heavy atom. The summed E-state index contributed by atoms with van der Waals surface area (Å²) >= 11 is 0. The number of amidine groups is 1. The third kappa shape index (κ3) is 2.76. The van der Waals surface area contributed by atoms with Crippen LogP contribution in [-0.2, 0) is 10.0 Å². The summed E-state index contributed by atoms with van der Waals surface area (Å²) in [7, 11) is -3.73. The quantitative estimate of drug-likeness (QED) is 0.893. The van der Waals surface area contributed by atoms with Crippen molar-refractivity contribution in [2.24, 2.45) is 4.40 Å². The second-order valence-corrected chi connectivity index (χ2v) is 7.47. The number of rotatable bonds is 2. The first kappa shape index (κ1) is 15.7. The number of benzene rings is 2. The van der Waals surface area contributed by atoms with Crippen molar-refractivity contribution in [2.75, 3.05) is 12.1 Å². The fourth-order valence-corrected chi connectivity index (χ4v) is 4.27. The molecule has 0 spiro atoms. The van der Waals surface area contributed by atoms with Gasteiger partial charge in [-0.1, -0.05) is 29.8 Å². The number of anilines is 1. The van der Waals surface area contributed by atoms with Gasteiger partial charge in [0.1, 0.15) is 10.7 Å². The minimum absolute atomic E-state index is 0.185. The number of ether oxygens (including phenoxy) is 2. The number of fused-ring (bicyclic) bond motifs is 1. The van der Waals surface area contributed by atoms with Gasteiger partial charge >= 0.3 is 0 Å². The molecular weight excluding hydrogens is 340 g/mol. The summed E-state index contributed by atoms with van der Waals surface area (Å²) in [5, 5.41) is 3.06. The molecule has 7 heteroatoms. The lowest BCUT2D eigenvalue weighted by Crippen LogP contribution is -2.11. The van der Waals surface area contributed by atoms with E-state index < -0.39 is 10.0 Å². The summed E-state index contributed by atoms with van der Waals surface area (Å²) in [5.41, 5.74) is 2.97. The number of nitrogens with one attached hydrogen (secondary N) is 1. The van der Waals surface area contributed by atoms with Crippen LogP contribution < -0.4 is 14.8 Å². The Hall–Kier alpha value is -2.80. The average molecular weight is 356 g/mol. The van der Waals surface area contributed by atoms with Crippen LogP contribution in [-0.4, -0.2) is 21.0 Å². The zero-order chi connectivity index (χ0) is 17.6. The predicted molar refractivity (Wildman–Crippen MR) is 96.3 cm³/mol. The van der Waals surface area contributed by atoms with E-state index in [1.165, 1.54) is 0 Å². The first-order valence-corrected chi connectivity index (χ1v) is 9.18. The standard InChI is InChI=1S/C18H16N2O4S/c1-11-3-5-13(6-4-11)17-12(2)18(20-25(17,21)22)19-14-7-8-15-16(9-14)24-10-23-15/h3-9H,10H2,1-2H3,(H,19,20). The Bertz CT molecular complexity index is 1020. The van der Waals surface area contributed by atoms with Crippen molar-refractivity contribution in [3.05, 3.63) is 59.2 Å². The lowest BCUT2D eigenvalue weighted by Gasteiger charge is -2.08. The van der Waals surface area contributed by atoms with Crippen molar-refractivity contribution in [3.8, 4) is 11.5 Å². The molecular formula is C18H16N2O4S. The molecule has 0 fully saturated rings. The Balaban J connectivity index is 1.70. The SMILES string of the molecule is CC1=C(c2ccc(C)cc2)S(=O)(=O)N=C1Nc1ccc2c(c1)OCO2. The lowest BCUT2D eigenvalue weighted by molar-refractivity contribution is 0.174. The summed E-state index contributed by atoms with van der Waals surface area (Å²) in [4.78, 5) is 0.232. The third-order valence-electron chi connectivity index (χ3n) is 4.11. The molecule has 0 bridgehead atoms. The van der Waals surface area contributed by atoms with E-state index in [1.807, 2.05) is 19.1 Å². The van der Waals surface area contributed by atoms with E-state index in [-0.39, 0.29) is 11.7 Å². The molecule has 2 aliphatic heterocycles. The smallest absolute Gasteiger partial charge is 0.285 e. The normalized spacial score (nSPS) is 17.6. The average Bonchev–Trinajstić information content (AvgIpc) is 3.11. The number of nitrogens with zero attached hydrogens (tertiary/aromatic N) is 1. The predicted octanol–water partition coefficient (Wildman–Crippen LogP) is 3.31.